The molecule has 3 heteroatoms. The number of hydrogen-bond acceptors (Lipinski definition) is 3. The second-order valence-electron chi connectivity index (χ2n) is 16.4. The molecule has 1 heterocycles. The summed E-state index contributed by atoms with van der Waals surface area (Å²) in [6, 6.07) is 88.8. The molecule has 0 N–H and O–H groups in total. The van der Waals surface area contributed by atoms with E-state index in [0.29, 0.717) is 17.5 Å². The Kier molecular flexibility index (Phi) is 10.9. The van der Waals surface area contributed by atoms with Gasteiger partial charge >= 0.3 is 0 Å². The SMILES string of the molecule is Cc1cccc(C)c1-c1nc(-c2cccc(C(c3ccccc3)(c3ccccc3)c3ccccc3)c2)nc(-c2cccc(C(c3ccccc3)(c3ccccc3)c3ccccc3)c2)n1. The summed E-state index contributed by atoms with van der Waals surface area (Å²) in [5.41, 5.74) is 13.1. The maximum Gasteiger partial charge on any atom is 0.164 e. The van der Waals surface area contributed by atoms with E-state index in [9.17, 15) is 0 Å². The van der Waals surface area contributed by atoms with Gasteiger partial charge in [-0.1, -0.05) is 237 Å². The fourth-order valence-corrected chi connectivity index (χ4v) is 9.83. The first kappa shape index (κ1) is 40.1. The largest absolute Gasteiger partial charge is 0.208 e. The van der Waals surface area contributed by atoms with Crippen LogP contribution in [0.1, 0.15) is 55.6 Å². The van der Waals surface area contributed by atoms with Crippen molar-refractivity contribution in [3.8, 4) is 34.2 Å². The lowest BCUT2D eigenvalue weighted by Gasteiger charge is -2.37. The third-order valence-electron chi connectivity index (χ3n) is 12.7. The Morgan fingerprint density at radius 2 is 0.500 bits per heavy atom. The van der Waals surface area contributed by atoms with E-state index in [1.165, 1.54) is 33.4 Å². The zero-order valence-electron chi connectivity index (χ0n) is 36.0. The Hall–Kier alpha value is -8.01. The molecule has 1 aromatic heterocycles. The Bertz CT molecular complexity index is 2750. The average Bonchev–Trinajstić information content (AvgIpc) is 3.37. The van der Waals surface area contributed by atoms with Crippen molar-refractivity contribution in [3.05, 3.63) is 304 Å². The number of hydrogen-bond donors (Lipinski definition) is 0. The smallest absolute Gasteiger partial charge is 0.164 e. The Balaban J connectivity index is 1.22. The third kappa shape index (κ3) is 7.11. The molecule has 0 spiro atoms. The maximum atomic E-state index is 5.42. The van der Waals surface area contributed by atoms with E-state index < -0.39 is 10.8 Å². The van der Waals surface area contributed by atoms with E-state index >= 15 is 0 Å². The van der Waals surface area contributed by atoms with Gasteiger partial charge in [-0.05, 0) is 81.6 Å². The van der Waals surface area contributed by atoms with Gasteiger partial charge in [0, 0.05) is 16.7 Å². The van der Waals surface area contributed by atoms with Gasteiger partial charge in [-0.15, -0.1) is 0 Å². The highest BCUT2D eigenvalue weighted by Crippen LogP contribution is 2.47. The topological polar surface area (TPSA) is 38.7 Å². The first-order chi connectivity index (χ1) is 31.6. The molecule has 0 radical (unpaired) electrons. The fourth-order valence-electron chi connectivity index (χ4n) is 9.83. The van der Waals surface area contributed by atoms with E-state index in [-0.39, 0.29) is 0 Å². The van der Waals surface area contributed by atoms with Crippen molar-refractivity contribution in [2.45, 2.75) is 24.7 Å². The van der Waals surface area contributed by atoms with Crippen molar-refractivity contribution in [2.75, 3.05) is 0 Å². The Morgan fingerprint density at radius 1 is 0.250 bits per heavy atom. The molecular weight excluding hydrogens is 775 g/mol. The van der Waals surface area contributed by atoms with Gasteiger partial charge in [0.25, 0.3) is 0 Å². The van der Waals surface area contributed by atoms with E-state index in [1.807, 2.05) is 0 Å². The first-order valence-electron chi connectivity index (χ1n) is 21.9. The molecule has 0 aliphatic rings. The average molecular weight is 822 g/mol. The second-order valence-corrected chi connectivity index (χ2v) is 16.4. The molecule has 0 fully saturated rings. The lowest BCUT2D eigenvalue weighted by Crippen LogP contribution is -2.31. The quantitative estimate of drug-likeness (QED) is 0.122. The second kappa shape index (κ2) is 17.4. The van der Waals surface area contributed by atoms with Crippen LogP contribution in [0.2, 0.25) is 0 Å². The highest BCUT2D eigenvalue weighted by atomic mass is 15.0. The molecule has 64 heavy (non-hydrogen) atoms. The molecule has 0 bridgehead atoms. The van der Waals surface area contributed by atoms with Crippen LogP contribution >= 0.6 is 0 Å². The summed E-state index contributed by atoms with van der Waals surface area (Å²) in [6.07, 6.45) is 0. The van der Waals surface area contributed by atoms with Crippen molar-refractivity contribution in [1.82, 2.24) is 15.0 Å². The van der Waals surface area contributed by atoms with Gasteiger partial charge < -0.3 is 0 Å². The minimum absolute atomic E-state index is 0.610. The summed E-state index contributed by atoms with van der Waals surface area (Å²) in [7, 11) is 0. The molecule has 306 valence electrons. The summed E-state index contributed by atoms with van der Waals surface area (Å²) in [6.45, 7) is 4.27. The number of aryl methyl sites for hydroxylation is 2. The van der Waals surface area contributed by atoms with Crippen LogP contribution in [0, 0.1) is 13.8 Å². The van der Waals surface area contributed by atoms with Crippen molar-refractivity contribution in [2.24, 2.45) is 0 Å². The van der Waals surface area contributed by atoms with Gasteiger partial charge in [0.05, 0.1) is 10.8 Å². The lowest BCUT2D eigenvalue weighted by molar-refractivity contribution is 0.745. The minimum Gasteiger partial charge on any atom is -0.208 e. The molecular formula is C61H47N3. The third-order valence-corrected chi connectivity index (χ3v) is 12.7. The zero-order chi connectivity index (χ0) is 43.4. The molecule has 0 atom stereocenters. The number of rotatable bonds is 11. The van der Waals surface area contributed by atoms with Gasteiger partial charge in [-0.25, -0.2) is 15.0 Å². The van der Waals surface area contributed by atoms with Crippen LogP contribution in [0.3, 0.4) is 0 Å². The first-order valence-corrected chi connectivity index (χ1v) is 21.9. The summed E-state index contributed by atoms with van der Waals surface area (Å²) in [5, 5.41) is 0. The van der Waals surface area contributed by atoms with Gasteiger partial charge in [0.15, 0.2) is 17.5 Å². The predicted octanol–water partition coefficient (Wildman–Crippen LogP) is 14.3. The summed E-state index contributed by atoms with van der Waals surface area (Å²) >= 11 is 0. The van der Waals surface area contributed by atoms with E-state index in [2.05, 4.69) is 263 Å². The van der Waals surface area contributed by atoms with Gasteiger partial charge in [-0.2, -0.15) is 0 Å². The molecule has 9 aromatic carbocycles. The monoisotopic (exact) mass is 821 g/mol. The van der Waals surface area contributed by atoms with E-state index in [4.69, 9.17) is 15.0 Å². The predicted molar refractivity (Wildman–Crippen MR) is 262 cm³/mol. The highest BCUT2D eigenvalue weighted by molar-refractivity contribution is 5.73. The molecule has 3 nitrogen and oxygen atoms in total. The van der Waals surface area contributed by atoms with Gasteiger partial charge in [0.1, 0.15) is 0 Å². The van der Waals surface area contributed by atoms with Crippen molar-refractivity contribution in [1.29, 1.82) is 0 Å². The molecule has 0 aliphatic heterocycles. The standard InChI is InChI=1S/C61H47N3/c1-44-24-21-25-45(2)56(44)59-63-57(46-26-22-40-54(42-46)60(48-28-9-3-10-29-48,49-30-11-4-12-31-49)50-32-13-5-14-33-50)62-58(64-59)47-27-23-41-55(43-47)61(51-34-15-6-16-35-51,52-36-17-7-18-37-52)53-38-19-8-20-39-53/h3-43H,1-2H3. The molecule has 10 aromatic rings. The van der Waals surface area contributed by atoms with Crippen LogP contribution in [0.25, 0.3) is 34.2 Å². The molecule has 0 amide bonds. The zero-order valence-corrected chi connectivity index (χ0v) is 36.0. The summed E-state index contributed by atoms with van der Waals surface area (Å²) in [5.74, 6) is 1.86. The van der Waals surface area contributed by atoms with Crippen LogP contribution in [0.5, 0.6) is 0 Å². The Labute approximate surface area is 376 Å². The molecule has 0 aliphatic carbocycles. The van der Waals surface area contributed by atoms with E-state index in [0.717, 1.165) is 38.9 Å². The van der Waals surface area contributed by atoms with Crippen LogP contribution in [0.15, 0.2) is 249 Å². The lowest BCUT2D eigenvalue weighted by atomic mass is 9.65. The van der Waals surface area contributed by atoms with Crippen LogP contribution in [-0.4, -0.2) is 15.0 Å². The van der Waals surface area contributed by atoms with Crippen LogP contribution < -0.4 is 0 Å². The van der Waals surface area contributed by atoms with Crippen LogP contribution in [0.4, 0.5) is 0 Å². The fraction of sp³-hybridized carbons (Fsp3) is 0.0656. The molecule has 0 unspecified atom stereocenters. The number of aromatic nitrogens is 3. The molecule has 0 saturated carbocycles. The molecule has 10 rings (SSSR count). The maximum absolute atomic E-state index is 5.42. The van der Waals surface area contributed by atoms with Crippen LogP contribution in [-0.2, 0) is 10.8 Å². The van der Waals surface area contributed by atoms with Crippen molar-refractivity contribution >= 4 is 0 Å². The van der Waals surface area contributed by atoms with Crippen molar-refractivity contribution < 1.29 is 0 Å². The Morgan fingerprint density at radius 3 is 0.797 bits per heavy atom. The summed E-state index contributed by atoms with van der Waals surface area (Å²) in [4.78, 5) is 16.1. The summed E-state index contributed by atoms with van der Waals surface area (Å²) < 4.78 is 0. The van der Waals surface area contributed by atoms with E-state index in [1.54, 1.807) is 0 Å². The van der Waals surface area contributed by atoms with Gasteiger partial charge in [0.2, 0.25) is 0 Å². The normalized spacial score (nSPS) is 11.6. The minimum atomic E-state index is -0.630. The van der Waals surface area contributed by atoms with Gasteiger partial charge in [-0.3, -0.25) is 0 Å². The number of benzene rings is 9. The number of nitrogens with zero attached hydrogens (tertiary/aromatic N) is 3. The van der Waals surface area contributed by atoms with Crippen molar-refractivity contribution in [3.63, 3.8) is 0 Å². The molecule has 0 saturated heterocycles. The highest BCUT2D eigenvalue weighted by Gasteiger charge is 2.40.